The van der Waals surface area contributed by atoms with E-state index in [0.717, 1.165) is 19.1 Å². The summed E-state index contributed by atoms with van der Waals surface area (Å²) in [7, 11) is 2.24. The summed E-state index contributed by atoms with van der Waals surface area (Å²) in [6.07, 6.45) is 4.03. The number of likely N-dealkylation sites (tertiary alicyclic amines) is 1. The second kappa shape index (κ2) is 4.75. The molecule has 0 amide bonds. The predicted octanol–water partition coefficient (Wildman–Crippen LogP) is 0.188. The first-order valence-corrected chi connectivity index (χ1v) is 7.54. The second-order valence-corrected chi connectivity index (χ2v) is 6.67. The zero-order chi connectivity index (χ0) is 12.8. The van der Waals surface area contributed by atoms with E-state index in [9.17, 15) is 0 Å². The first kappa shape index (κ1) is 12.9. The quantitative estimate of drug-likeness (QED) is 0.761. The van der Waals surface area contributed by atoms with E-state index in [1.54, 1.807) is 0 Å². The van der Waals surface area contributed by atoms with Crippen LogP contribution in [0.2, 0.25) is 0 Å². The number of fused-ring (bicyclic) bond motifs is 1. The van der Waals surface area contributed by atoms with Crippen LogP contribution >= 0.6 is 0 Å². The van der Waals surface area contributed by atoms with Crippen LogP contribution in [0.15, 0.2) is 0 Å². The number of rotatable bonds is 2. The van der Waals surface area contributed by atoms with Gasteiger partial charge in [0.1, 0.15) is 0 Å². The van der Waals surface area contributed by atoms with Gasteiger partial charge in [0.2, 0.25) is 0 Å². The van der Waals surface area contributed by atoms with Crippen molar-refractivity contribution in [3.05, 3.63) is 0 Å². The molecule has 3 unspecified atom stereocenters. The van der Waals surface area contributed by atoms with Crippen LogP contribution in [0.1, 0.15) is 26.2 Å². The van der Waals surface area contributed by atoms with Crippen molar-refractivity contribution >= 4 is 0 Å². The van der Waals surface area contributed by atoms with E-state index < -0.39 is 0 Å². The molecule has 0 bridgehead atoms. The van der Waals surface area contributed by atoms with Crippen molar-refractivity contribution in [3.63, 3.8) is 0 Å². The van der Waals surface area contributed by atoms with Gasteiger partial charge in [-0.2, -0.15) is 0 Å². The summed E-state index contributed by atoms with van der Waals surface area (Å²) < 4.78 is 0. The van der Waals surface area contributed by atoms with Gasteiger partial charge < -0.3 is 10.6 Å². The Morgan fingerprint density at radius 1 is 1.28 bits per heavy atom. The molecule has 3 aliphatic heterocycles. The van der Waals surface area contributed by atoms with Crippen LogP contribution in [0.4, 0.5) is 0 Å². The molecule has 0 aromatic carbocycles. The fourth-order valence-electron chi connectivity index (χ4n) is 4.32. The van der Waals surface area contributed by atoms with Gasteiger partial charge in [-0.15, -0.1) is 0 Å². The van der Waals surface area contributed by atoms with Crippen molar-refractivity contribution in [2.24, 2.45) is 5.73 Å². The molecule has 104 valence electrons. The molecule has 0 spiro atoms. The van der Waals surface area contributed by atoms with Crippen LogP contribution < -0.4 is 5.73 Å². The Balaban J connectivity index is 1.73. The zero-order valence-electron chi connectivity index (χ0n) is 11.9. The van der Waals surface area contributed by atoms with E-state index in [1.807, 2.05) is 0 Å². The molecule has 4 heteroatoms. The molecule has 0 aliphatic carbocycles. The molecular weight excluding hydrogens is 224 g/mol. The van der Waals surface area contributed by atoms with E-state index in [0.29, 0.717) is 6.04 Å². The van der Waals surface area contributed by atoms with E-state index in [1.165, 1.54) is 45.4 Å². The van der Waals surface area contributed by atoms with Gasteiger partial charge >= 0.3 is 0 Å². The average molecular weight is 252 g/mol. The minimum absolute atomic E-state index is 0.253. The molecule has 3 fully saturated rings. The van der Waals surface area contributed by atoms with Crippen molar-refractivity contribution in [2.75, 3.05) is 46.3 Å². The third-order valence-corrected chi connectivity index (χ3v) is 5.61. The summed E-state index contributed by atoms with van der Waals surface area (Å²) >= 11 is 0. The highest BCUT2D eigenvalue weighted by Gasteiger charge is 2.46. The van der Waals surface area contributed by atoms with Gasteiger partial charge in [0.05, 0.1) is 0 Å². The third kappa shape index (κ3) is 1.99. The monoisotopic (exact) mass is 252 g/mol. The maximum Gasteiger partial charge on any atom is 0.0474 e. The molecule has 0 aromatic rings. The minimum Gasteiger partial charge on any atom is -0.329 e. The summed E-state index contributed by atoms with van der Waals surface area (Å²) in [5.74, 6) is 0. The summed E-state index contributed by atoms with van der Waals surface area (Å²) in [5, 5.41) is 0. The van der Waals surface area contributed by atoms with Gasteiger partial charge in [0.25, 0.3) is 0 Å². The number of nitrogens with zero attached hydrogens (tertiary/aromatic N) is 3. The second-order valence-electron chi connectivity index (χ2n) is 6.67. The summed E-state index contributed by atoms with van der Waals surface area (Å²) in [5.41, 5.74) is 6.43. The van der Waals surface area contributed by atoms with E-state index >= 15 is 0 Å². The predicted molar refractivity (Wildman–Crippen MR) is 74.7 cm³/mol. The molecule has 3 rings (SSSR count). The largest absolute Gasteiger partial charge is 0.329 e. The number of hydrogen-bond acceptors (Lipinski definition) is 4. The lowest BCUT2D eigenvalue weighted by molar-refractivity contribution is 0.0234. The highest BCUT2D eigenvalue weighted by molar-refractivity contribution is 5.05. The van der Waals surface area contributed by atoms with Gasteiger partial charge in [-0.1, -0.05) is 0 Å². The molecule has 3 saturated heterocycles. The lowest BCUT2D eigenvalue weighted by Gasteiger charge is -2.47. The lowest BCUT2D eigenvalue weighted by atomic mass is 9.92. The van der Waals surface area contributed by atoms with Crippen LogP contribution in [-0.4, -0.2) is 78.6 Å². The molecule has 3 aliphatic rings. The van der Waals surface area contributed by atoms with Gasteiger partial charge in [-0.25, -0.2) is 0 Å². The number of nitrogens with two attached hydrogens (primary N) is 1. The molecule has 0 aromatic heterocycles. The topological polar surface area (TPSA) is 35.7 Å². The van der Waals surface area contributed by atoms with Crippen LogP contribution in [0, 0.1) is 0 Å². The van der Waals surface area contributed by atoms with E-state index in [2.05, 4.69) is 28.7 Å². The SMILES string of the molecule is CC1CC(CN)(N2CCN3CCCC3C2)CN1C. The number of piperazine rings is 1. The summed E-state index contributed by atoms with van der Waals surface area (Å²) in [6, 6.07) is 1.48. The Morgan fingerprint density at radius 2 is 2.11 bits per heavy atom. The van der Waals surface area contributed by atoms with Gasteiger partial charge in [0.15, 0.2) is 0 Å². The average Bonchev–Trinajstić information content (AvgIpc) is 2.94. The standard InChI is InChI=1S/C14H28N4/c1-12-8-14(10-15,11-16(12)2)18-7-6-17-5-3-4-13(17)9-18/h12-13H,3-11,15H2,1-2H3. The van der Waals surface area contributed by atoms with Gasteiger partial charge in [-0.05, 0) is 39.8 Å². The zero-order valence-corrected chi connectivity index (χ0v) is 11.9. The number of likely N-dealkylation sites (N-methyl/N-ethyl adjacent to an activating group) is 1. The first-order chi connectivity index (χ1) is 8.64. The molecule has 18 heavy (non-hydrogen) atoms. The van der Waals surface area contributed by atoms with Crippen molar-refractivity contribution in [1.82, 2.24) is 14.7 Å². The van der Waals surface area contributed by atoms with Crippen molar-refractivity contribution in [2.45, 2.75) is 43.8 Å². The third-order valence-electron chi connectivity index (χ3n) is 5.61. The lowest BCUT2D eigenvalue weighted by Crippen LogP contribution is -2.62. The normalized spacial score (nSPS) is 43.5. The Morgan fingerprint density at radius 3 is 2.78 bits per heavy atom. The van der Waals surface area contributed by atoms with Crippen molar-refractivity contribution in [1.29, 1.82) is 0 Å². The van der Waals surface area contributed by atoms with Crippen molar-refractivity contribution < 1.29 is 0 Å². The van der Waals surface area contributed by atoms with Crippen LogP contribution in [-0.2, 0) is 0 Å². The molecule has 4 nitrogen and oxygen atoms in total. The maximum absolute atomic E-state index is 6.18. The number of hydrogen-bond donors (Lipinski definition) is 1. The molecule has 0 radical (unpaired) electrons. The fourth-order valence-corrected chi connectivity index (χ4v) is 4.32. The molecule has 0 saturated carbocycles. The summed E-state index contributed by atoms with van der Waals surface area (Å²) in [4.78, 5) is 7.89. The maximum atomic E-state index is 6.18. The Kier molecular flexibility index (Phi) is 3.39. The fraction of sp³-hybridized carbons (Fsp3) is 1.00. The Hall–Kier alpha value is -0.160. The highest BCUT2D eigenvalue weighted by atomic mass is 15.4. The Labute approximate surface area is 111 Å². The molecule has 2 N–H and O–H groups in total. The molecule has 3 atom stereocenters. The molecular formula is C14H28N4. The van der Waals surface area contributed by atoms with E-state index in [-0.39, 0.29) is 5.54 Å². The van der Waals surface area contributed by atoms with Gasteiger partial charge in [0, 0.05) is 50.3 Å². The Bertz CT molecular complexity index is 296. The first-order valence-electron chi connectivity index (χ1n) is 7.54. The molecule has 3 heterocycles. The highest BCUT2D eigenvalue weighted by Crippen LogP contribution is 2.34. The van der Waals surface area contributed by atoms with Crippen molar-refractivity contribution in [3.8, 4) is 0 Å². The summed E-state index contributed by atoms with van der Waals surface area (Å²) in [6.45, 7) is 9.34. The minimum atomic E-state index is 0.253. The smallest absolute Gasteiger partial charge is 0.0474 e. The van der Waals surface area contributed by atoms with E-state index in [4.69, 9.17) is 5.73 Å². The van der Waals surface area contributed by atoms with Crippen LogP contribution in [0.25, 0.3) is 0 Å². The van der Waals surface area contributed by atoms with Crippen LogP contribution in [0.3, 0.4) is 0 Å². The van der Waals surface area contributed by atoms with Gasteiger partial charge in [-0.3, -0.25) is 9.80 Å². The van der Waals surface area contributed by atoms with Crippen LogP contribution in [0.5, 0.6) is 0 Å².